The van der Waals surface area contributed by atoms with E-state index in [9.17, 15) is 0 Å². The summed E-state index contributed by atoms with van der Waals surface area (Å²) in [5.41, 5.74) is 0. The van der Waals surface area contributed by atoms with Crippen LogP contribution in [-0.4, -0.2) is 0 Å². The van der Waals surface area contributed by atoms with Crippen molar-refractivity contribution in [1.82, 2.24) is 0 Å². The van der Waals surface area contributed by atoms with E-state index in [4.69, 9.17) is 2.74 Å². The number of rotatable bonds is 1. The van der Waals surface area contributed by atoms with E-state index in [1.54, 1.807) is 0 Å². The van der Waals surface area contributed by atoms with E-state index < -0.39 is 0 Å². The fourth-order valence-electron chi connectivity index (χ4n) is 0. The molecule has 0 aliphatic heterocycles. The van der Waals surface area contributed by atoms with Gasteiger partial charge in [0.15, 0.2) is 0 Å². The van der Waals surface area contributed by atoms with Crippen LogP contribution >= 0.6 is 0 Å². The predicted octanol–water partition coefficient (Wildman–Crippen LogP) is 2.83. The number of unbranched alkanes of at least 4 members (excludes halogenated alkanes) is 1. The first-order chi connectivity index (χ1) is 3.83. The zero-order valence-corrected chi connectivity index (χ0v) is 4.83. The Hall–Kier alpha value is 0. The third kappa shape index (κ3) is 36.0. The van der Waals surface area contributed by atoms with Gasteiger partial charge in [0, 0.05) is 2.74 Å². The van der Waals surface area contributed by atoms with Gasteiger partial charge in [0.25, 0.3) is 0 Å². The van der Waals surface area contributed by atoms with Gasteiger partial charge >= 0.3 is 0 Å². The lowest BCUT2D eigenvalue weighted by atomic mass is 10.4. The second-order valence-electron chi connectivity index (χ2n) is 1.000. The van der Waals surface area contributed by atoms with Crippen molar-refractivity contribution in [2.24, 2.45) is 0 Å². The summed E-state index contributed by atoms with van der Waals surface area (Å²) in [6.07, 6.45) is 2.64. The average molecular weight is 90.2 g/mol. The van der Waals surface area contributed by atoms with Crippen LogP contribution in [-0.2, 0) is 0 Å². The topological polar surface area (TPSA) is 0 Å². The van der Waals surface area contributed by atoms with Crippen LogP contribution in [0.4, 0.5) is 0 Å². The molecule has 0 heteroatoms. The first kappa shape index (κ1) is 4.17. The molecule has 0 amide bonds. The summed E-state index contributed by atoms with van der Waals surface area (Å²) >= 11 is 0. The minimum atomic E-state index is 0.236. The van der Waals surface area contributed by atoms with Gasteiger partial charge in [0.1, 0.15) is 0 Å². The molecule has 0 aromatic heterocycles. The Labute approximate surface area is 44.4 Å². The van der Waals surface area contributed by atoms with E-state index in [2.05, 4.69) is 13.8 Å². The van der Waals surface area contributed by atoms with Crippen LogP contribution in [0.15, 0.2) is 0 Å². The first-order valence-electron chi connectivity index (χ1n) is 3.83. The predicted molar refractivity (Wildman–Crippen MR) is 31.9 cm³/mol. The summed E-state index contributed by atoms with van der Waals surface area (Å²) in [7, 11) is 0. The molecule has 0 fully saturated rings. The summed E-state index contributed by atoms with van der Waals surface area (Å²) in [6, 6.07) is 0. The summed E-state index contributed by atoms with van der Waals surface area (Å²) in [6.45, 7) is 4.83. The summed E-state index contributed by atoms with van der Waals surface area (Å²) in [5, 5.41) is 0. The molecular weight excluding hydrogens is 72.1 g/mol. The quantitative estimate of drug-likeness (QED) is 0.464. The van der Waals surface area contributed by atoms with E-state index in [0.29, 0.717) is 0 Å². The standard InChI is InChI=1S/C4H10.C2H6/c1-3-4-2;1-2/h3-4H2,1-2H3;1-2H3/i;1D,2D. The maximum absolute atomic E-state index is 6.26. The molecule has 0 aliphatic carbocycles. The molecule has 0 aromatic carbocycles. The fourth-order valence-corrected chi connectivity index (χ4v) is 0. The second kappa shape index (κ2) is 20.0. The third-order valence-corrected chi connectivity index (χ3v) is 0.500. The molecule has 0 nitrogen and oxygen atoms in total. The smallest absolute Gasteiger partial charge is 0.0228 e. The molecule has 0 heterocycles. The SMILES string of the molecule is CCCC.[2H]CC[2H]. The molecule has 0 radical (unpaired) electrons. The van der Waals surface area contributed by atoms with Crippen molar-refractivity contribution in [3.05, 3.63) is 0 Å². The zero-order chi connectivity index (χ0) is 6.83. The molecule has 0 aromatic rings. The van der Waals surface area contributed by atoms with Gasteiger partial charge in [-0.2, -0.15) is 0 Å². The monoisotopic (exact) mass is 90.1 g/mol. The lowest BCUT2D eigenvalue weighted by molar-refractivity contribution is 0.886. The highest BCUT2D eigenvalue weighted by molar-refractivity contribution is 4.12. The van der Waals surface area contributed by atoms with Crippen LogP contribution in [0.3, 0.4) is 0 Å². The van der Waals surface area contributed by atoms with Gasteiger partial charge in [-0.05, 0) is 0 Å². The lowest BCUT2D eigenvalue weighted by Gasteiger charge is -1.68. The van der Waals surface area contributed by atoms with Gasteiger partial charge in [0.05, 0.1) is 0 Å². The highest BCUT2D eigenvalue weighted by Crippen LogP contribution is 1.76. The molecule has 40 valence electrons. The fraction of sp³-hybridized carbons (Fsp3) is 1.00. The normalized spacial score (nSPS) is 10.3. The van der Waals surface area contributed by atoms with Gasteiger partial charge in [-0.3, -0.25) is 0 Å². The minimum absolute atomic E-state index is 0.236. The van der Waals surface area contributed by atoms with Crippen molar-refractivity contribution >= 4 is 0 Å². The van der Waals surface area contributed by atoms with Crippen LogP contribution in [0, 0.1) is 0 Å². The molecular formula is C6H16. The molecule has 0 aliphatic rings. The van der Waals surface area contributed by atoms with Gasteiger partial charge < -0.3 is 0 Å². The van der Waals surface area contributed by atoms with Crippen LogP contribution in [0.25, 0.3) is 0 Å². The Morgan fingerprint density at radius 3 is 1.50 bits per heavy atom. The van der Waals surface area contributed by atoms with Gasteiger partial charge in [0.2, 0.25) is 0 Å². The average Bonchev–Trinajstić information content (AvgIpc) is 1.88. The number of hydrogen-bond acceptors (Lipinski definition) is 0. The lowest BCUT2D eigenvalue weighted by Crippen LogP contribution is -1.47. The molecule has 0 saturated heterocycles. The molecule has 0 spiro atoms. The molecule has 6 heavy (non-hydrogen) atoms. The van der Waals surface area contributed by atoms with E-state index in [0.717, 1.165) is 0 Å². The molecule has 0 saturated carbocycles. The highest BCUT2D eigenvalue weighted by atomic mass is 13.6. The molecule has 0 atom stereocenters. The van der Waals surface area contributed by atoms with Gasteiger partial charge in [-0.1, -0.05) is 40.5 Å². The van der Waals surface area contributed by atoms with Gasteiger partial charge in [-0.15, -0.1) is 0 Å². The van der Waals surface area contributed by atoms with Crippen LogP contribution < -0.4 is 0 Å². The summed E-state index contributed by atoms with van der Waals surface area (Å²) in [4.78, 5) is 0. The van der Waals surface area contributed by atoms with E-state index >= 15 is 0 Å². The second-order valence-corrected chi connectivity index (χ2v) is 1.000. The number of hydrogen-bond donors (Lipinski definition) is 0. The van der Waals surface area contributed by atoms with Crippen molar-refractivity contribution in [3.8, 4) is 0 Å². The van der Waals surface area contributed by atoms with Crippen molar-refractivity contribution < 1.29 is 2.74 Å². The van der Waals surface area contributed by atoms with Crippen molar-refractivity contribution in [2.45, 2.75) is 40.5 Å². The van der Waals surface area contributed by atoms with Gasteiger partial charge in [-0.25, -0.2) is 0 Å². The summed E-state index contributed by atoms with van der Waals surface area (Å²) in [5.74, 6) is 0. The Kier molecular flexibility index (Phi) is 13.9. The highest BCUT2D eigenvalue weighted by Gasteiger charge is 1.56. The van der Waals surface area contributed by atoms with Crippen LogP contribution in [0.5, 0.6) is 0 Å². The first-order valence-corrected chi connectivity index (χ1v) is 2.41. The van der Waals surface area contributed by atoms with E-state index in [-0.39, 0.29) is 13.8 Å². The molecule has 0 unspecified atom stereocenters. The Balaban J connectivity index is 0. The Bertz CT molecular complexity index is 14.5. The molecule has 0 N–H and O–H groups in total. The minimum Gasteiger partial charge on any atom is -0.0683 e. The Morgan fingerprint density at radius 2 is 1.50 bits per heavy atom. The van der Waals surface area contributed by atoms with E-state index in [1.807, 2.05) is 0 Å². The van der Waals surface area contributed by atoms with Crippen molar-refractivity contribution in [2.75, 3.05) is 0 Å². The third-order valence-electron chi connectivity index (χ3n) is 0.500. The van der Waals surface area contributed by atoms with Crippen LogP contribution in [0.1, 0.15) is 43.2 Å². The molecule has 0 bridgehead atoms. The Morgan fingerprint density at radius 1 is 1.17 bits per heavy atom. The largest absolute Gasteiger partial charge is 0.0683 e. The zero-order valence-electron chi connectivity index (χ0n) is 6.83. The van der Waals surface area contributed by atoms with Crippen molar-refractivity contribution in [1.29, 1.82) is 0 Å². The van der Waals surface area contributed by atoms with Crippen LogP contribution in [0.2, 0.25) is 0 Å². The van der Waals surface area contributed by atoms with Crippen molar-refractivity contribution in [3.63, 3.8) is 0 Å². The van der Waals surface area contributed by atoms with E-state index in [1.165, 1.54) is 12.8 Å². The summed E-state index contributed by atoms with van der Waals surface area (Å²) < 4.78 is 12.5. The maximum Gasteiger partial charge on any atom is 0.0228 e. The molecule has 0 rings (SSSR count). The maximum atomic E-state index is 6.26.